The van der Waals surface area contributed by atoms with Gasteiger partial charge in [-0.2, -0.15) is 0 Å². The molecule has 27 heavy (non-hydrogen) atoms. The Hall–Kier alpha value is -2.44. The maximum absolute atomic E-state index is 5.71. The molecular weight excluding hydrogens is 349 g/mol. The summed E-state index contributed by atoms with van der Waals surface area (Å²) in [6.45, 7) is 3.73. The predicted octanol–water partition coefficient (Wildman–Crippen LogP) is 4.05. The second-order valence-electron chi connectivity index (χ2n) is 6.81. The van der Waals surface area contributed by atoms with Crippen molar-refractivity contribution in [3.05, 3.63) is 90.5 Å². The van der Waals surface area contributed by atoms with E-state index >= 15 is 0 Å². The molecule has 3 aromatic rings. The van der Waals surface area contributed by atoms with Crippen LogP contribution in [0.25, 0.3) is 0 Å². The highest BCUT2D eigenvalue weighted by molar-refractivity contribution is 7.79. The molecule has 0 aromatic heterocycles. The molecule has 0 spiro atoms. The van der Waals surface area contributed by atoms with Crippen molar-refractivity contribution < 1.29 is 4.74 Å². The molecule has 0 amide bonds. The van der Waals surface area contributed by atoms with Crippen LogP contribution < -0.4 is 15.9 Å². The number of ether oxygens (including phenoxy) is 1. The zero-order chi connectivity index (χ0) is 18.5. The first-order valence-electron chi connectivity index (χ1n) is 9.48. The van der Waals surface area contributed by atoms with Gasteiger partial charge in [0.25, 0.3) is 0 Å². The van der Waals surface area contributed by atoms with Crippen molar-refractivity contribution in [3.8, 4) is 0 Å². The Bertz CT molecular complexity index is 868. The highest BCUT2D eigenvalue weighted by Gasteiger charge is 2.22. The summed E-state index contributed by atoms with van der Waals surface area (Å²) in [5.74, 6) is 1.21. The predicted molar refractivity (Wildman–Crippen MR) is 116 cm³/mol. The highest BCUT2D eigenvalue weighted by atomic mass is 31.1. The average Bonchev–Trinajstić information content (AvgIpc) is 3.26. The van der Waals surface area contributed by atoms with Crippen LogP contribution in [0.1, 0.15) is 12.5 Å². The molecule has 1 heterocycles. The lowest BCUT2D eigenvalue weighted by Gasteiger charge is -2.23. The SMILES string of the molecule is CC(Cc1ccccc1P(c1ccccc1)c1ccccc1)C1=NCCO1. The maximum atomic E-state index is 5.71. The molecule has 1 aliphatic heterocycles. The minimum atomic E-state index is -0.590. The summed E-state index contributed by atoms with van der Waals surface area (Å²) >= 11 is 0. The van der Waals surface area contributed by atoms with Crippen LogP contribution in [0.3, 0.4) is 0 Å². The third kappa shape index (κ3) is 4.12. The van der Waals surface area contributed by atoms with E-state index < -0.39 is 7.92 Å². The fraction of sp³-hybridized carbons (Fsp3) is 0.208. The Balaban J connectivity index is 1.74. The van der Waals surface area contributed by atoms with Gasteiger partial charge in [-0.1, -0.05) is 91.9 Å². The quantitative estimate of drug-likeness (QED) is 0.598. The molecule has 4 rings (SSSR count). The van der Waals surface area contributed by atoms with Crippen LogP contribution >= 0.6 is 7.92 Å². The van der Waals surface area contributed by atoms with Crippen LogP contribution in [0, 0.1) is 5.92 Å². The van der Waals surface area contributed by atoms with E-state index in [1.165, 1.54) is 21.5 Å². The van der Waals surface area contributed by atoms with Crippen molar-refractivity contribution in [2.75, 3.05) is 13.2 Å². The summed E-state index contributed by atoms with van der Waals surface area (Å²) in [5, 5.41) is 4.19. The molecule has 136 valence electrons. The van der Waals surface area contributed by atoms with Crippen LogP contribution in [-0.4, -0.2) is 19.0 Å². The van der Waals surface area contributed by atoms with Crippen molar-refractivity contribution in [2.45, 2.75) is 13.3 Å². The lowest BCUT2D eigenvalue weighted by atomic mass is 10.0. The van der Waals surface area contributed by atoms with E-state index in [-0.39, 0.29) is 0 Å². The molecule has 0 bridgehead atoms. The molecule has 0 N–H and O–H groups in total. The Morgan fingerprint density at radius 2 is 1.44 bits per heavy atom. The minimum Gasteiger partial charge on any atom is -0.479 e. The number of hydrogen-bond acceptors (Lipinski definition) is 2. The number of benzene rings is 3. The van der Waals surface area contributed by atoms with Gasteiger partial charge in [-0.25, -0.2) is 0 Å². The second kappa shape index (κ2) is 8.50. The van der Waals surface area contributed by atoms with Gasteiger partial charge in [0, 0.05) is 5.92 Å². The highest BCUT2D eigenvalue weighted by Crippen LogP contribution is 2.34. The molecule has 0 saturated heterocycles. The van der Waals surface area contributed by atoms with Gasteiger partial charge in [-0.3, -0.25) is 4.99 Å². The lowest BCUT2D eigenvalue weighted by Crippen LogP contribution is -2.25. The Morgan fingerprint density at radius 3 is 2.04 bits per heavy atom. The molecule has 3 heteroatoms. The third-order valence-electron chi connectivity index (χ3n) is 4.82. The topological polar surface area (TPSA) is 21.6 Å². The van der Waals surface area contributed by atoms with Crippen molar-refractivity contribution in [1.82, 2.24) is 0 Å². The van der Waals surface area contributed by atoms with Crippen molar-refractivity contribution in [2.24, 2.45) is 10.9 Å². The molecule has 1 unspecified atom stereocenters. The minimum absolute atomic E-state index is 0.303. The van der Waals surface area contributed by atoms with Crippen molar-refractivity contribution in [3.63, 3.8) is 0 Å². The molecule has 0 saturated carbocycles. The zero-order valence-corrected chi connectivity index (χ0v) is 16.5. The lowest BCUT2D eigenvalue weighted by molar-refractivity contribution is 0.324. The van der Waals surface area contributed by atoms with Gasteiger partial charge in [0.1, 0.15) is 6.61 Å². The van der Waals surface area contributed by atoms with E-state index in [0.29, 0.717) is 5.92 Å². The maximum Gasteiger partial charge on any atom is 0.186 e. The van der Waals surface area contributed by atoms with Crippen LogP contribution in [0.4, 0.5) is 0 Å². The Morgan fingerprint density at radius 1 is 0.852 bits per heavy atom. The van der Waals surface area contributed by atoms with Crippen LogP contribution in [-0.2, 0) is 11.2 Å². The summed E-state index contributed by atoms with van der Waals surface area (Å²) < 4.78 is 5.71. The summed E-state index contributed by atoms with van der Waals surface area (Å²) in [4.78, 5) is 4.52. The van der Waals surface area contributed by atoms with Gasteiger partial charge >= 0.3 is 0 Å². The number of rotatable bonds is 6. The van der Waals surface area contributed by atoms with Gasteiger partial charge in [-0.15, -0.1) is 0 Å². The molecule has 1 aliphatic rings. The largest absolute Gasteiger partial charge is 0.479 e. The van der Waals surface area contributed by atoms with Crippen LogP contribution in [0.5, 0.6) is 0 Å². The van der Waals surface area contributed by atoms with E-state index in [2.05, 4.69) is 96.8 Å². The Kier molecular flexibility index (Phi) is 5.65. The second-order valence-corrected chi connectivity index (χ2v) is 8.99. The first-order chi connectivity index (χ1) is 13.3. The molecule has 0 fully saturated rings. The van der Waals surface area contributed by atoms with Crippen LogP contribution in [0.15, 0.2) is 89.9 Å². The molecule has 0 aliphatic carbocycles. The molecule has 2 nitrogen and oxygen atoms in total. The summed E-state index contributed by atoms with van der Waals surface area (Å²) in [6.07, 6.45) is 0.952. The first-order valence-corrected chi connectivity index (χ1v) is 10.8. The summed E-state index contributed by atoms with van der Waals surface area (Å²) in [7, 11) is -0.590. The third-order valence-corrected chi connectivity index (χ3v) is 7.37. The van der Waals surface area contributed by atoms with Crippen LogP contribution in [0.2, 0.25) is 0 Å². The molecule has 3 aromatic carbocycles. The van der Waals surface area contributed by atoms with E-state index in [0.717, 1.165) is 25.5 Å². The van der Waals surface area contributed by atoms with Gasteiger partial charge in [0.05, 0.1) is 6.54 Å². The Labute approximate surface area is 162 Å². The molecular formula is C24H24NOP. The average molecular weight is 373 g/mol. The van der Waals surface area contributed by atoms with Crippen molar-refractivity contribution >= 4 is 29.7 Å². The van der Waals surface area contributed by atoms with Crippen molar-refractivity contribution in [1.29, 1.82) is 0 Å². The number of aliphatic imine (C=N–C) groups is 1. The van der Waals surface area contributed by atoms with E-state index in [4.69, 9.17) is 4.74 Å². The fourth-order valence-corrected chi connectivity index (χ4v) is 6.03. The van der Waals surface area contributed by atoms with Gasteiger partial charge in [-0.05, 0) is 35.8 Å². The zero-order valence-electron chi connectivity index (χ0n) is 15.6. The van der Waals surface area contributed by atoms with Gasteiger partial charge in [0.15, 0.2) is 5.90 Å². The van der Waals surface area contributed by atoms with Gasteiger partial charge < -0.3 is 4.74 Å². The van der Waals surface area contributed by atoms with E-state index in [9.17, 15) is 0 Å². The fourth-order valence-electron chi connectivity index (χ4n) is 3.55. The molecule has 0 radical (unpaired) electrons. The van der Waals surface area contributed by atoms with Gasteiger partial charge in [0.2, 0.25) is 0 Å². The van der Waals surface area contributed by atoms with E-state index in [1.54, 1.807) is 0 Å². The monoisotopic (exact) mass is 373 g/mol. The first kappa shape index (κ1) is 17.9. The summed E-state index contributed by atoms with van der Waals surface area (Å²) in [6, 6.07) is 30.6. The molecule has 1 atom stereocenters. The number of hydrogen-bond donors (Lipinski definition) is 0. The van der Waals surface area contributed by atoms with E-state index in [1.807, 2.05) is 0 Å². The normalized spacial score (nSPS) is 14.7. The smallest absolute Gasteiger partial charge is 0.186 e. The standard InChI is InChI=1S/C24H24NOP/c1-19(24-25-16-17-26-24)18-20-10-8-9-15-23(20)27(21-11-4-2-5-12-21)22-13-6-3-7-14-22/h2-15,19H,16-18H2,1H3. The number of nitrogens with zero attached hydrogens (tertiary/aromatic N) is 1. The summed E-state index contributed by atoms with van der Waals surface area (Å²) in [5.41, 5.74) is 1.39.